The summed E-state index contributed by atoms with van der Waals surface area (Å²) in [4.78, 5) is 21.3. The molecule has 0 bridgehead atoms. The Morgan fingerprint density at radius 2 is 2.31 bits per heavy atom. The number of anilines is 1. The number of likely N-dealkylation sites (tertiary alicyclic amines) is 1. The summed E-state index contributed by atoms with van der Waals surface area (Å²) >= 11 is 0. The zero-order chi connectivity index (χ0) is 18.5. The first-order valence-electron chi connectivity index (χ1n) is 9.17. The van der Waals surface area contributed by atoms with Crippen molar-refractivity contribution in [3.05, 3.63) is 41.4 Å². The van der Waals surface area contributed by atoms with Crippen LogP contribution >= 0.6 is 0 Å². The number of carbonyl (C=O) groups excluding carboxylic acids is 1. The number of amides is 1. The minimum absolute atomic E-state index is 0.166. The molecule has 0 aromatic carbocycles. The molecule has 1 saturated heterocycles. The van der Waals surface area contributed by atoms with E-state index in [1.54, 1.807) is 6.20 Å². The Balaban J connectivity index is 1.54. The molecule has 2 aromatic heterocycles. The molecular weight excluding hydrogens is 330 g/mol. The van der Waals surface area contributed by atoms with Crippen LogP contribution in [0.3, 0.4) is 0 Å². The van der Waals surface area contributed by atoms with E-state index in [1.165, 1.54) is 0 Å². The summed E-state index contributed by atoms with van der Waals surface area (Å²) in [7, 11) is 4.19. The van der Waals surface area contributed by atoms with E-state index in [1.807, 2.05) is 18.2 Å². The number of pyridine rings is 1. The molecule has 0 radical (unpaired) electrons. The molecule has 26 heavy (non-hydrogen) atoms. The first-order chi connectivity index (χ1) is 12.6. The number of hydrogen-bond acceptors (Lipinski definition) is 6. The molecule has 1 aliphatic rings. The van der Waals surface area contributed by atoms with E-state index in [-0.39, 0.29) is 5.91 Å². The molecular formula is C19H27N5O2. The molecule has 1 fully saturated rings. The summed E-state index contributed by atoms with van der Waals surface area (Å²) in [6.45, 7) is 4.57. The predicted octanol–water partition coefficient (Wildman–Crippen LogP) is 2.09. The zero-order valence-corrected chi connectivity index (χ0v) is 15.7. The fourth-order valence-corrected chi connectivity index (χ4v) is 3.23. The van der Waals surface area contributed by atoms with Gasteiger partial charge in [-0.15, -0.1) is 0 Å². The average molecular weight is 357 g/mol. The van der Waals surface area contributed by atoms with Crippen LogP contribution in [0.2, 0.25) is 0 Å². The number of nitrogens with one attached hydrogen (secondary N) is 1. The Morgan fingerprint density at radius 3 is 2.96 bits per heavy atom. The van der Waals surface area contributed by atoms with Gasteiger partial charge >= 0.3 is 0 Å². The lowest BCUT2D eigenvalue weighted by atomic mass is 10.2. The Morgan fingerprint density at radius 1 is 1.46 bits per heavy atom. The molecule has 2 aromatic rings. The van der Waals surface area contributed by atoms with Gasteiger partial charge in [0.15, 0.2) is 5.76 Å². The second-order valence-electron chi connectivity index (χ2n) is 6.94. The van der Waals surface area contributed by atoms with Gasteiger partial charge in [-0.2, -0.15) is 0 Å². The third kappa shape index (κ3) is 4.40. The number of carbonyl (C=O) groups is 1. The fraction of sp³-hybridized carbons (Fsp3) is 0.526. The van der Waals surface area contributed by atoms with Crippen molar-refractivity contribution in [2.24, 2.45) is 0 Å². The monoisotopic (exact) mass is 357 g/mol. The average Bonchev–Trinajstić information content (AvgIpc) is 3.28. The minimum Gasteiger partial charge on any atom is -0.359 e. The number of aromatic nitrogens is 2. The van der Waals surface area contributed by atoms with Gasteiger partial charge in [0.05, 0.1) is 17.8 Å². The highest BCUT2D eigenvalue weighted by Gasteiger charge is 2.24. The number of nitrogens with zero attached hydrogens (tertiary/aromatic N) is 4. The molecule has 0 spiro atoms. The van der Waals surface area contributed by atoms with E-state index < -0.39 is 0 Å². The SMILES string of the molecule is CCCc1cc(CNC(=O)c2ccc(N(C)[C@@H]3CCN(C)C3)nc2)on1. The zero-order valence-electron chi connectivity index (χ0n) is 15.7. The molecule has 0 unspecified atom stereocenters. The summed E-state index contributed by atoms with van der Waals surface area (Å²) in [5, 5.41) is 6.83. The summed E-state index contributed by atoms with van der Waals surface area (Å²) < 4.78 is 5.23. The Hall–Kier alpha value is -2.41. The van der Waals surface area contributed by atoms with E-state index in [0.717, 1.165) is 43.9 Å². The van der Waals surface area contributed by atoms with Crippen LogP contribution in [0.4, 0.5) is 5.82 Å². The molecule has 140 valence electrons. The van der Waals surface area contributed by atoms with Crippen molar-refractivity contribution in [2.75, 3.05) is 32.1 Å². The summed E-state index contributed by atoms with van der Waals surface area (Å²) in [6.07, 6.45) is 4.66. The van der Waals surface area contributed by atoms with E-state index in [4.69, 9.17) is 4.52 Å². The maximum absolute atomic E-state index is 12.3. The van der Waals surface area contributed by atoms with E-state index in [9.17, 15) is 4.79 Å². The van der Waals surface area contributed by atoms with Crippen molar-refractivity contribution in [3.63, 3.8) is 0 Å². The predicted molar refractivity (Wildman–Crippen MR) is 100 cm³/mol. The van der Waals surface area contributed by atoms with Crippen molar-refractivity contribution in [1.82, 2.24) is 20.4 Å². The van der Waals surface area contributed by atoms with Gasteiger partial charge in [0.1, 0.15) is 5.82 Å². The number of aryl methyl sites for hydroxylation is 1. The topological polar surface area (TPSA) is 74.5 Å². The second kappa shape index (κ2) is 8.31. The van der Waals surface area contributed by atoms with Gasteiger partial charge in [0.2, 0.25) is 0 Å². The molecule has 0 aliphatic carbocycles. The molecule has 0 saturated carbocycles. The molecule has 7 heteroatoms. The molecule has 1 atom stereocenters. The lowest BCUT2D eigenvalue weighted by Gasteiger charge is -2.25. The van der Waals surface area contributed by atoms with Crippen LogP contribution in [0.25, 0.3) is 0 Å². The third-order valence-corrected chi connectivity index (χ3v) is 4.82. The van der Waals surface area contributed by atoms with Crippen LogP contribution < -0.4 is 10.2 Å². The Bertz CT molecular complexity index is 728. The van der Waals surface area contributed by atoms with Crippen LogP contribution in [0.15, 0.2) is 28.9 Å². The fourth-order valence-electron chi connectivity index (χ4n) is 3.23. The summed E-state index contributed by atoms with van der Waals surface area (Å²) in [6, 6.07) is 6.08. The smallest absolute Gasteiger partial charge is 0.253 e. The number of likely N-dealkylation sites (N-methyl/N-ethyl adjacent to an activating group) is 2. The summed E-state index contributed by atoms with van der Waals surface area (Å²) in [5.74, 6) is 1.39. The standard InChI is InChI=1S/C19H27N5O2/c1-4-5-15-10-17(26-22-15)12-21-19(25)14-6-7-18(20-11-14)24(3)16-8-9-23(2)13-16/h6-7,10-11,16H,4-5,8-9,12-13H2,1-3H3,(H,21,25)/t16-/m1/s1. The largest absolute Gasteiger partial charge is 0.359 e. The van der Waals surface area contributed by atoms with Gasteiger partial charge in [-0.3, -0.25) is 4.79 Å². The van der Waals surface area contributed by atoms with Crippen LogP contribution in [-0.4, -0.2) is 54.2 Å². The number of rotatable bonds is 7. The first-order valence-corrected chi connectivity index (χ1v) is 9.17. The minimum atomic E-state index is -0.166. The van der Waals surface area contributed by atoms with Gasteiger partial charge < -0.3 is 19.6 Å². The van der Waals surface area contributed by atoms with Crippen LogP contribution in [-0.2, 0) is 13.0 Å². The molecule has 1 aliphatic heterocycles. The highest BCUT2D eigenvalue weighted by molar-refractivity contribution is 5.93. The van der Waals surface area contributed by atoms with Crippen molar-refractivity contribution in [1.29, 1.82) is 0 Å². The number of hydrogen-bond donors (Lipinski definition) is 1. The van der Waals surface area contributed by atoms with Gasteiger partial charge in [-0.05, 0) is 38.6 Å². The van der Waals surface area contributed by atoms with Gasteiger partial charge in [-0.1, -0.05) is 18.5 Å². The molecule has 3 heterocycles. The maximum Gasteiger partial charge on any atom is 0.253 e. The van der Waals surface area contributed by atoms with Crippen molar-refractivity contribution >= 4 is 11.7 Å². The maximum atomic E-state index is 12.3. The highest BCUT2D eigenvalue weighted by Crippen LogP contribution is 2.19. The normalized spacial score (nSPS) is 17.4. The van der Waals surface area contributed by atoms with Crippen molar-refractivity contribution in [3.8, 4) is 0 Å². The highest BCUT2D eigenvalue weighted by atomic mass is 16.5. The van der Waals surface area contributed by atoms with Crippen LogP contribution in [0, 0.1) is 0 Å². The quantitative estimate of drug-likeness (QED) is 0.818. The summed E-state index contributed by atoms with van der Waals surface area (Å²) in [5.41, 5.74) is 1.46. The first kappa shape index (κ1) is 18.4. The van der Waals surface area contributed by atoms with Gasteiger partial charge in [0, 0.05) is 31.9 Å². The Kier molecular flexibility index (Phi) is 5.88. The van der Waals surface area contributed by atoms with Crippen LogP contribution in [0.5, 0.6) is 0 Å². The van der Waals surface area contributed by atoms with Crippen LogP contribution in [0.1, 0.15) is 41.6 Å². The Labute approximate surface area is 154 Å². The molecule has 1 amide bonds. The van der Waals surface area contributed by atoms with Crippen molar-refractivity contribution < 1.29 is 9.32 Å². The van der Waals surface area contributed by atoms with E-state index in [0.29, 0.717) is 23.9 Å². The van der Waals surface area contributed by atoms with Gasteiger partial charge in [0.25, 0.3) is 5.91 Å². The lowest BCUT2D eigenvalue weighted by Crippen LogP contribution is -2.34. The second-order valence-corrected chi connectivity index (χ2v) is 6.94. The van der Waals surface area contributed by atoms with E-state index in [2.05, 4.69) is 46.3 Å². The van der Waals surface area contributed by atoms with Crippen molar-refractivity contribution in [2.45, 2.75) is 38.8 Å². The van der Waals surface area contributed by atoms with Gasteiger partial charge in [-0.25, -0.2) is 4.98 Å². The lowest BCUT2D eigenvalue weighted by molar-refractivity contribution is 0.0946. The molecule has 3 rings (SSSR count). The third-order valence-electron chi connectivity index (χ3n) is 4.82. The van der Waals surface area contributed by atoms with E-state index >= 15 is 0 Å². The molecule has 7 nitrogen and oxygen atoms in total. The molecule has 1 N–H and O–H groups in total.